The van der Waals surface area contributed by atoms with Gasteiger partial charge in [0, 0.05) is 10.9 Å². The minimum absolute atomic E-state index is 0.0358. The van der Waals surface area contributed by atoms with E-state index in [4.69, 9.17) is 17.3 Å². The maximum atomic E-state index is 6.19. The molecule has 1 aromatic carbocycles. The van der Waals surface area contributed by atoms with E-state index < -0.39 is 0 Å². The molecule has 3 heteroatoms. The van der Waals surface area contributed by atoms with Gasteiger partial charge in [-0.3, -0.25) is 0 Å². The van der Waals surface area contributed by atoms with Gasteiger partial charge in [0.2, 0.25) is 0 Å². The molecular formula is C14H16ClNS. The van der Waals surface area contributed by atoms with Crippen LogP contribution >= 0.6 is 22.9 Å². The molecule has 0 saturated heterocycles. The Morgan fingerprint density at radius 3 is 2.35 bits per heavy atom. The lowest BCUT2D eigenvalue weighted by Crippen LogP contribution is -2.11. The van der Waals surface area contributed by atoms with Gasteiger partial charge in [-0.2, -0.15) is 0 Å². The van der Waals surface area contributed by atoms with Crippen LogP contribution in [0.15, 0.2) is 30.3 Å². The van der Waals surface area contributed by atoms with Gasteiger partial charge >= 0.3 is 0 Å². The van der Waals surface area contributed by atoms with E-state index in [1.807, 2.05) is 12.1 Å². The third-order valence-electron chi connectivity index (χ3n) is 2.70. The summed E-state index contributed by atoms with van der Waals surface area (Å²) < 4.78 is 0.802. The van der Waals surface area contributed by atoms with Crippen molar-refractivity contribution < 1.29 is 0 Å². The molecule has 17 heavy (non-hydrogen) atoms. The van der Waals surface area contributed by atoms with E-state index in [-0.39, 0.29) is 6.04 Å². The molecule has 0 spiro atoms. The maximum absolute atomic E-state index is 6.19. The van der Waals surface area contributed by atoms with Crippen molar-refractivity contribution in [2.24, 2.45) is 5.73 Å². The van der Waals surface area contributed by atoms with Crippen LogP contribution in [0.3, 0.4) is 0 Å². The zero-order valence-electron chi connectivity index (χ0n) is 10.0. The summed E-state index contributed by atoms with van der Waals surface area (Å²) in [6.45, 7) is 4.23. The standard InChI is InChI=1S/C14H16ClNS/c1-9-5-10(2)7-11(6-9)8-12(16)13-3-4-14(15)17-13/h3-7,12H,8,16H2,1-2H3. The van der Waals surface area contributed by atoms with Crippen LogP contribution in [0.4, 0.5) is 0 Å². The Hall–Kier alpha value is -0.830. The van der Waals surface area contributed by atoms with Crippen molar-refractivity contribution in [1.29, 1.82) is 0 Å². The summed E-state index contributed by atoms with van der Waals surface area (Å²) in [5, 5.41) is 0. The second-order valence-electron chi connectivity index (χ2n) is 4.45. The summed E-state index contributed by atoms with van der Waals surface area (Å²) >= 11 is 7.48. The Morgan fingerprint density at radius 1 is 1.18 bits per heavy atom. The van der Waals surface area contributed by atoms with Crippen molar-refractivity contribution in [2.45, 2.75) is 26.3 Å². The van der Waals surface area contributed by atoms with Crippen LogP contribution in [0.25, 0.3) is 0 Å². The zero-order valence-corrected chi connectivity index (χ0v) is 11.6. The number of nitrogens with two attached hydrogens (primary N) is 1. The monoisotopic (exact) mass is 265 g/mol. The number of benzene rings is 1. The molecule has 0 fully saturated rings. The van der Waals surface area contributed by atoms with Crippen LogP contribution in [-0.2, 0) is 6.42 Å². The molecule has 1 unspecified atom stereocenters. The zero-order chi connectivity index (χ0) is 12.4. The first kappa shape index (κ1) is 12.6. The Labute approximate surface area is 111 Å². The minimum Gasteiger partial charge on any atom is -0.323 e. The number of hydrogen-bond donors (Lipinski definition) is 1. The quantitative estimate of drug-likeness (QED) is 0.882. The Kier molecular flexibility index (Phi) is 3.87. The van der Waals surface area contributed by atoms with Gasteiger partial charge in [0.1, 0.15) is 0 Å². The smallest absolute Gasteiger partial charge is 0.0931 e. The normalized spacial score (nSPS) is 12.7. The van der Waals surface area contributed by atoms with Crippen molar-refractivity contribution in [2.75, 3.05) is 0 Å². The molecule has 0 aliphatic rings. The molecule has 0 amide bonds. The van der Waals surface area contributed by atoms with E-state index in [1.54, 1.807) is 11.3 Å². The lowest BCUT2D eigenvalue weighted by molar-refractivity contribution is 0.735. The molecule has 0 aliphatic heterocycles. The molecule has 2 N–H and O–H groups in total. The van der Waals surface area contributed by atoms with Gasteiger partial charge in [0.05, 0.1) is 4.34 Å². The fourth-order valence-electron chi connectivity index (χ4n) is 2.07. The van der Waals surface area contributed by atoms with Crippen molar-refractivity contribution in [3.63, 3.8) is 0 Å². The van der Waals surface area contributed by atoms with Crippen molar-refractivity contribution in [1.82, 2.24) is 0 Å². The van der Waals surface area contributed by atoms with Crippen LogP contribution in [0.2, 0.25) is 4.34 Å². The van der Waals surface area contributed by atoms with Gasteiger partial charge in [-0.15, -0.1) is 11.3 Å². The van der Waals surface area contributed by atoms with E-state index in [1.165, 1.54) is 16.7 Å². The van der Waals surface area contributed by atoms with Crippen molar-refractivity contribution in [3.05, 3.63) is 56.2 Å². The molecular weight excluding hydrogens is 250 g/mol. The number of halogens is 1. The van der Waals surface area contributed by atoms with Gasteiger partial charge in [0.25, 0.3) is 0 Å². The average molecular weight is 266 g/mol. The molecule has 1 aromatic heterocycles. The molecule has 1 nitrogen and oxygen atoms in total. The highest BCUT2D eigenvalue weighted by atomic mass is 35.5. The predicted molar refractivity (Wildman–Crippen MR) is 75.9 cm³/mol. The molecule has 90 valence electrons. The molecule has 0 aliphatic carbocycles. The SMILES string of the molecule is Cc1cc(C)cc(CC(N)c2ccc(Cl)s2)c1. The van der Waals surface area contributed by atoms with Crippen molar-refractivity contribution in [3.8, 4) is 0 Å². The second-order valence-corrected chi connectivity index (χ2v) is 6.20. The maximum Gasteiger partial charge on any atom is 0.0931 e. The van der Waals surface area contributed by atoms with Crippen LogP contribution in [0.5, 0.6) is 0 Å². The van der Waals surface area contributed by atoms with E-state index in [0.717, 1.165) is 15.6 Å². The highest BCUT2D eigenvalue weighted by molar-refractivity contribution is 7.16. The summed E-state index contributed by atoms with van der Waals surface area (Å²) in [7, 11) is 0. The Bertz CT molecular complexity index is 498. The van der Waals surface area contributed by atoms with Gasteiger partial charge in [-0.05, 0) is 38.0 Å². The summed E-state index contributed by atoms with van der Waals surface area (Å²) in [5.74, 6) is 0. The lowest BCUT2D eigenvalue weighted by Gasteiger charge is -2.11. The Balaban J connectivity index is 2.15. The summed E-state index contributed by atoms with van der Waals surface area (Å²) in [5.41, 5.74) is 10.1. The highest BCUT2D eigenvalue weighted by Crippen LogP contribution is 2.27. The van der Waals surface area contributed by atoms with Gasteiger partial charge in [-0.25, -0.2) is 0 Å². The molecule has 1 heterocycles. The second kappa shape index (κ2) is 5.21. The van der Waals surface area contributed by atoms with Crippen LogP contribution < -0.4 is 5.73 Å². The van der Waals surface area contributed by atoms with Gasteiger partial charge in [-0.1, -0.05) is 40.9 Å². The van der Waals surface area contributed by atoms with Crippen LogP contribution in [0, 0.1) is 13.8 Å². The minimum atomic E-state index is 0.0358. The van der Waals surface area contributed by atoms with E-state index in [2.05, 4.69) is 32.0 Å². The lowest BCUT2D eigenvalue weighted by atomic mass is 10.0. The van der Waals surface area contributed by atoms with Crippen LogP contribution in [0.1, 0.15) is 27.6 Å². The summed E-state index contributed by atoms with van der Waals surface area (Å²) in [6.07, 6.45) is 0.860. The van der Waals surface area contributed by atoms with Crippen molar-refractivity contribution >= 4 is 22.9 Å². The number of hydrogen-bond acceptors (Lipinski definition) is 2. The van der Waals surface area contributed by atoms with Gasteiger partial charge < -0.3 is 5.73 Å². The molecule has 2 aromatic rings. The highest BCUT2D eigenvalue weighted by Gasteiger charge is 2.10. The average Bonchev–Trinajstić information content (AvgIpc) is 2.63. The summed E-state index contributed by atoms with van der Waals surface area (Å²) in [4.78, 5) is 1.15. The van der Waals surface area contributed by atoms with Gasteiger partial charge in [0.15, 0.2) is 0 Å². The van der Waals surface area contributed by atoms with E-state index in [9.17, 15) is 0 Å². The molecule has 0 saturated carbocycles. The predicted octanol–water partition coefficient (Wildman–Crippen LogP) is 4.26. The number of thiophene rings is 1. The summed E-state index contributed by atoms with van der Waals surface area (Å²) in [6, 6.07) is 10.5. The van der Waals surface area contributed by atoms with Crippen LogP contribution in [-0.4, -0.2) is 0 Å². The topological polar surface area (TPSA) is 26.0 Å². The largest absolute Gasteiger partial charge is 0.323 e. The molecule has 1 atom stereocenters. The first-order valence-corrected chi connectivity index (χ1v) is 6.82. The molecule has 0 radical (unpaired) electrons. The fourth-order valence-corrected chi connectivity index (χ4v) is 3.13. The molecule has 0 bridgehead atoms. The first-order valence-electron chi connectivity index (χ1n) is 5.62. The third-order valence-corrected chi connectivity index (χ3v) is 4.06. The molecule has 2 rings (SSSR count). The first-order chi connectivity index (χ1) is 8.04. The fraction of sp³-hybridized carbons (Fsp3) is 0.286. The Morgan fingerprint density at radius 2 is 1.82 bits per heavy atom. The number of rotatable bonds is 3. The third kappa shape index (κ3) is 3.32. The van der Waals surface area contributed by atoms with E-state index in [0.29, 0.717) is 0 Å². The van der Waals surface area contributed by atoms with E-state index >= 15 is 0 Å². The number of aryl methyl sites for hydroxylation is 2.